The van der Waals surface area contributed by atoms with Crippen LogP contribution >= 0.6 is 0 Å². The van der Waals surface area contributed by atoms with Crippen LogP contribution in [0.5, 0.6) is 0 Å². The van der Waals surface area contributed by atoms with E-state index in [-0.39, 0.29) is 11.7 Å². The van der Waals surface area contributed by atoms with E-state index in [9.17, 15) is 0 Å². The summed E-state index contributed by atoms with van der Waals surface area (Å²) >= 11 is 0. The number of anilines is 1. The summed E-state index contributed by atoms with van der Waals surface area (Å²) < 4.78 is 5.95. The Labute approximate surface area is 110 Å². The molecular formula is C15H24N2O. The number of hydrogen-bond acceptors (Lipinski definition) is 3. The Bertz CT molecular complexity index is 417. The van der Waals surface area contributed by atoms with E-state index in [1.165, 1.54) is 5.56 Å². The fraction of sp³-hybridized carbons (Fsp3) is 0.600. The van der Waals surface area contributed by atoms with Crippen LogP contribution in [0.3, 0.4) is 0 Å². The molecule has 3 heteroatoms. The molecule has 0 saturated carbocycles. The highest BCUT2D eigenvalue weighted by Crippen LogP contribution is 2.29. The molecule has 0 aliphatic carbocycles. The average Bonchev–Trinajstić information content (AvgIpc) is 2.25. The van der Waals surface area contributed by atoms with Crippen molar-refractivity contribution in [2.75, 3.05) is 18.8 Å². The number of rotatable bonds is 2. The van der Waals surface area contributed by atoms with Crippen LogP contribution in [0.15, 0.2) is 24.3 Å². The lowest BCUT2D eigenvalue weighted by molar-refractivity contribution is -0.137. The predicted molar refractivity (Wildman–Crippen MR) is 75.5 cm³/mol. The minimum Gasteiger partial charge on any atom is -0.399 e. The first-order valence-electron chi connectivity index (χ1n) is 6.65. The smallest absolute Gasteiger partial charge is 0.0757 e. The molecule has 1 fully saturated rings. The lowest BCUT2D eigenvalue weighted by Crippen LogP contribution is -2.52. The maximum Gasteiger partial charge on any atom is 0.0757 e. The molecule has 0 radical (unpaired) electrons. The zero-order valence-electron chi connectivity index (χ0n) is 11.8. The average molecular weight is 248 g/mol. The van der Waals surface area contributed by atoms with Gasteiger partial charge in [-0.15, -0.1) is 0 Å². The maximum absolute atomic E-state index is 5.95. The van der Waals surface area contributed by atoms with Crippen LogP contribution < -0.4 is 5.73 Å². The second-order valence-corrected chi connectivity index (χ2v) is 5.96. The quantitative estimate of drug-likeness (QED) is 0.818. The first kappa shape index (κ1) is 13.4. The van der Waals surface area contributed by atoms with E-state index in [0.717, 1.165) is 18.8 Å². The Morgan fingerprint density at radius 2 is 2.17 bits per heavy atom. The SMILES string of the molecule is CC1CN(C(C)c2cccc(N)c2)CC(C)(C)O1. The lowest BCUT2D eigenvalue weighted by Gasteiger charge is -2.44. The number of nitrogens with zero attached hydrogens (tertiary/aromatic N) is 1. The van der Waals surface area contributed by atoms with E-state index in [1.807, 2.05) is 12.1 Å². The highest BCUT2D eigenvalue weighted by atomic mass is 16.5. The molecule has 1 aromatic carbocycles. The number of hydrogen-bond donors (Lipinski definition) is 1. The van der Waals surface area contributed by atoms with Gasteiger partial charge >= 0.3 is 0 Å². The monoisotopic (exact) mass is 248 g/mol. The van der Waals surface area contributed by atoms with Crippen molar-refractivity contribution in [3.8, 4) is 0 Å². The van der Waals surface area contributed by atoms with Gasteiger partial charge in [-0.2, -0.15) is 0 Å². The third-order valence-corrected chi connectivity index (χ3v) is 3.54. The van der Waals surface area contributed by atoms with Gasteiger partial charge in [0.2, 0.25) is 0 Å². The molecule has 1 saturated heterocycles. The van der Waals surface area contributed by atoms with Gasteiger partial charge in [0.05, 0.1) is 11.7 Å². The molecule has 0 amide bonds. The standard InChI is InChI=1S/C15H24N2O/c1-11-9-17(10-15(3,4)18-11)12(2)13-6-5-7-14(16)8-13/h5-8,11-12H,9-10,16H2,1-4H3. The molecule has 2 rings (SSSR count). The van der Waals surface area contributed by atoms with E-state index in [4.69, 9.17) is 10.5 Å². The minimum absolute atomic E-state index is 0.0771. The van der Waals surface area contributed by atoms with E-state index in [2.05, 4.69) is 44.7 Å². The number of morpholine rings is 1. The van der Waals surface area contributed by atoms with Crippen molar-refractivity contribution < 1.29 is 4.74 Å². The number of nitrogen functional groups attached to an aromatic ring is 1. The van der Waals surface area contributed by atoms with E-state index in [1.54, 1.807) is 0 Å². The van der Waals surface area contributed by atoms with Crippen LogP contribution in [0.1, 0.15) is 39.3 Å². The van der Waals surface area contributed by atoms with Gasteiger partial charge in [0.1, 0.15) is 0 Å². The number of benzene rings is 1. The van der Waals surface area contributed by atoms with E-state index >= 15 is 0 Å². The normalized spacial score (nSPS) is 25.9. The fourth-order valence-electron chi connectivity index (χ4n) is 2.83. The molecular weight excluding hydrogens is 224 g/mol. The first-order chi connectivity index (χ1) is 8.37. The topological polar surface area (TPSA) is 38.5 Å². The van der Waals surface area contributed by atoms with Gasteiger partial charge in [-0.1, -0.05) is 12.1 Å². The summed E-state index contributed by atoms with van der Waals surface area (Å²) in [6.45, 7) is 10.6. The Kier molecular flexibility index (Phi) is 3.64. The van der Waals surface area contributed by atoms with Crippen LogP contribution in [0.2, 0.25) is 0 Å². The van der Waals surface area contributed by atoms with Crippen LogP contribution in [0.4, 0.5) is 5.69 Å². The molecule has 1 aromatic rings. The number of nitrogens with two attached hydrogens (primary N) is 1. The molecule has 2 N–H and O–H groups in total. The molecule has 0 spiro atoms. The second kappa shape index (κ2) is 4.90. The molecule has 1 aliphatic rings. The zero-order valence-corrected chi connectivity index (χ0v) is 11.8. The molecule has 18 heavy (non-hydrogen) atoms. The summed E-state index contributed by atoms with van der Waals surface area (Å²) in [5.41, 5.74) is 7.90. The molecule has 0 bridgehead atoms. The van der Waals surface area contributed by atoms with Crippen molar-refractivity contribution in [1.82, 2.24) is 4.90 Å². The largest absolute Gasteiger partial charge is 0.399 e. The number of ether oxygens (including phenoxy) is 1. The minimum atomic E-state index is -0.0771. The van der Waals surface area contributed by atoms with Gasteiger partial charge in [0, 0.05) is 24.8 Å². The summed E-state index contributed by atoms with van der Waals surface area (Å²) in [5.74, 6) is 0. The Morgan fingerprint density at radius 3 is 2.78 bits per heavy atom. The Morgan fingerprint density at radius 1 is 1.44 bits per heavy atom. The molecule has 1 aliphatic heterocycles. The molecule has 3 nitrogen and oxygen atoms in total. The van der Waals surface area contributed by atoms with Crippen LogP contribution in [-0.2, 0) is 4.74 Å². The van der Waals surface area contributed by atoms with Gasteiger partial charge in [-0.3, -0.25) is 4.90 Å². The van der Waals surface area contributed by atoms with E-state index < -0.39 is 0 Å². The maximum atomic E-state index is 5.95. The zero-order chi connectivity index (χ0) is 13.3. The second-order valence-electron chi connectivity index (χ2n) is 5.96. The molecule has 100 valence electrons. The van der Waals surface area contributed by atoms with Crippen LogP contribution in [-0.4, -0.2) is 29.7 Å². The van der Waals surface area contributed by atoms with Gasteiger partial charge < -0.3 is 10.5 Å². The van der Waals surface area contributed by atoms with Crippen LogP contribution in [0.25, 0.3) is 0 Å². The van der Waals surface area contributed by atoms with Gasteiger partial charge in [-0.05, 0) is 45.4 Å². The highest BCUT2D eigenvalue weighted by molar-refractivity contribution is 5.41. The Hall–Kier alpha value is -1.06. The third-order valence-electron chi connectivity index (χ3n) is 3.54. The summed E-state index contributed by atoms with van der Waals surface area (Å²) in [6.07, 6.45) is 0.275. The molecule has 2 unspecified atom stereocenters. The van der Waals surface area contributed by atoms with Gasteiger partial charge in [0.25, 0.3) is 0 Å². The van der Waals surface area contributed by atoms with Crippen molar-refractivity contribution in [1.29, 1.82) is 0 Å². The summed E-state index contributed by atoms with van der Waals surface area (Å²) in [7, 11) is 0. The first-order valence-corrected chi connectivity index (χ1v) is 6.65. The molecule has 2 atom stereocenters. The third kappa shape index (κ3) is 3.03. The van der Waals surface area contributed by atoms with Crippen molar-refractivity contribution in [2.24, 2.45) is 0 Å². The van der Waals surface area contributed by atoms with Gasteiger partial charge in [-0.25, -0.2) is 0 Å². The van der Waals surface area contributed by atoms with Crippen LogP contribution in [0, 0.1) is 0 Å². The summed E-state index contributed by atoms with van der Waals surface area (Å²) in [4.78, 5) is 2.48. The van der Waals surface area contributed by atoms with Crippen molar-refractivity contribution in [3.05, 3.63) is 29.8 Å². The lowest BCUT2D eigenvalue weighted by atomic mass is 10.00. The van der Waals surface area contributed by atoms with E-state index in [0.29, 0.717) is 6.04 Å². The molecule has 1 heterocycles. The predicted octanol–water partition coefficient (Wildman–Crippen LogP) is 2.83. The van der Waals surface area contributed by atoms with Crippen molar-refractivity contribution in [2.45, 2.75) is 45.4 Å². The summed E-state index contributed by atoms with van der Waals surface area (Å²) in [5, 5.41) is 0. The fourth-order valence-corrected chi connectivity index (χ4v) is 2.83. The summed E-state index contributed by atoms with van der Waals surface area (Å²) in [6, 6.07) is 8.55. The highest BCUT2D eigenvalue weighted by Gasteiger charge is 2.33. The molecule has 0 aromatic heterocycles. The van der Waals surface area contributed by atoms with Gasteiger partial charge in [0.15, 0.2) is 0 Å². The van der Waals surface area contributed by atoms with Crippen molar-refractivity contribution >= 4 is 5.69 Å². The van der Waals surface area contributed by atoms with Crippen molar-refractivity contribution in [3.63, 3.8) is 0 Å². The Balaban J connectivity index is 2.15.